The van der Waals surface area contributed by atoms with Crippen molar-refractivity contribution >= 4 is 5.91 Å². The highest BCUT2D eigenvalue weighted by Gasteiger charge is 2.40. The largest absolute Gasteiger partial charge is 0.454 e. The summed E-state index contributed by atoms with van der Waals surface area (Å²) < 4.78 is 16.1. The van der Waals surface area contributed by atoms with E-state index in [2.05, 4.69) is 5.32 Å². The number of nitrogens with one attached hydrogen (secondary N) is 1. The predicted octanol–water partition coefficient (Wildman–Crippen LogP) is 1.34. The zero-order chi connectivity index (χ0) is 14.4. The van der Waals surface area contributed by atoms with Crippen LogP contribution in [0.3, 0.4) is 0 Å². The third-order valence-electron chi connectivity index (χ3n) is 3.44. The molecular formula is C15H11NO5. The molecule has 2 N–H and O–H groups in total. The summed E-state index contributed by atoms with van der Waals surface area (Å²) in [5.74, 6) is -0.937. The summed E-state index contributed by atoms with van der Waals surface area (Å²) in [6, 6.07) is 11.6. The summed E-state index contributed by atoms with van der Waals surface area (Å²) in [5.41, 5.74) is 0.734. The van der Waals surface area contributed by atoms with E-state index in [4.69, 9.17) is 14.2 Å². The number of carbonyl (C=O) groups excluding carboxylic acids is 1. The van der Waals surface area contributed by atoms with E-state index >= 15 is 0 Å². The van der Waals surface area contributed by atoms with Crippen LogP contribution in [0, 0.1) is 0 Å². The van der Waals surface area contributed by atoms with Crippen molar-refractivity contribution in [2.24, 2.45) is 0 Å². The lowest BCUT2D eigenvalue weighted by Gasteiger charge is -2.34. The van der Waals surface area contributed by atoms with E-state index < -0.39 is 11.8 Å². The number of benzene rings is 2. The van der Waals surface area contributed by atoms with E-state index in [-0.39, 0.29) is 6.79 Å². The Morgan fingerprint density at radius 2 is 1.86 bits per heavy atom. The van der Waals surface area contributed by atoms with Crippen LogP contribution in [0.15, 0.2) is 42.5 Å². The first-order valence-corrected chi connectivity index (χ1v) is 6.39. The van der Waals surface area contributed by atoms with Crippen molar-refractivity contribution in [2.45, 2.75) is 5.91 Å². The van der Waals surface area contributed by atoms with Gasteiger partial charge < -0.3 is 19.3 Å². The lowest BCUT2D eigenvalue weighted by atomic mass is 10.1. The number of hydrogen-bond donors (Lipinski definition) is 2. The molecule has 1 amide bonds. The smallest absolute Gasteiger partial charge is 0.321 e. The molecule has 0 saturated carbocycles. The Balaban J connectivity index is 1.77. The molecule has 4 rings (SSSR count). The van der Waals surface area contributed by atoms with Gasteiger partial charge in [-0.3, -0.25) is 10.1 Å². The van der Waals surface area contributed by atoms with Gasteiger partial charge in [-0.15, -0.1) is 0 Å². The van der Waals surface area contributed by atoms with Crippen LogP contribution in [0.4, 0.5) is 0 Å². The number of carbonyl (C=O) groups is 1. The van der Waals surface area contributed by atoms with Crippen molar-refractivity contribution in [2.75, 3.05) is 6.79 Å². The van der Waals surface area contributed by atoms with Gasteiger partial charge in [0.2, 0.25) is 6.79 Å². The summed E-state index contributed by atoms with van der Waals surface area (Å²) in [7, 11) is 0. The van der Waals surface area contributed by atoms with Crippen molar-refractivity contribution in [1.29, 1.82) is 0 Å². The molecule has 0 bridgehead atoms. The Kier molecular flexibility index (Phi) is 2.37. The molecule has 1 atom stereocenters. The van der Waals surface area contributed by atoms with E-state index in [0.29, 0.717) is 28.4 Å². The van der Waals surface area contributed by atoms with Gasteiger partial charge in [0.15, 0.2) is 11.5 Å². The highest BCUT2D eigenvalue weighted by Crippen LogP contribution is 2.37. The molecule has 0 spiro atoms. The molecular weight excluding hydrogens is 274 g/mol. The maximum absolute atomic E-state index is 12.1. The first-order valence-electron chi connectivity index (χ1n) is 6.39. The molecule has 21 heavy (non-hydrogen) atoms. The second-order valence-corrected chi connectivity index (χ2v) is 4.76. The molecule has 106 valence electrons. The van der Waals surface area contributed by atoms with Crippen molar-refractivity contribution in [3.05, 3.63) is 53.6 Å². The summed E-state index contributed by atoms with van der Waals surface area (Å²) in [5, 5.41) is 13.1. The van der Waals surface area contributed by atoms with Crippen LogP contribution < -0.4 is 19.5 Å². The summed E-state index contributed by atoms with van der Waals surface area (Å²) >= 11 is 0. The predicted molar refractivity (Wildman–Crippen MR) is 71.0 cm³/mol. The molecule has 2 aliphatic heterocycles. The first-order chi connectivity index (χ1) is 10.2. The average Bonchev–Trinajstić information content (AvgIpc) is 2.94. The van der Waals surface area contributed by atoms with Crippen LogP contribution in [0.5, 0.6) is 17.2 Å². The molecule has 2 aromatic rings. The van der Waals surface area contributed by atoms with Crippen LogP contribution in [0.2, 0.25) is 0 Å². The van der Waals surface area contributed by atoms with Crippen LogP contribution in [-0.2, 0) is 5.91 Å². The lowest BCUT2D eigenvalue weighted by Crippen LogP contribution is -2.53. The quantitative estimate of drug-likeness (QED) is 0.827. The Hall–Kier alpha value is -2.73. The van der Waals surface area contributed by atoms with Gasteiger partial charge in [0, 0.05) is 0 Å². The Morgan fingerprint density at radius 1 is 1.05 bits per heavy atom. The Bertz CT molecular complexity index is 745. The minimum Gasteiger partial charge on any atom is -0.454 e. The fourth-order valence-corrected chi connectivity index (χ4v) is 2.39. The molecule has 1 unspecified atom stereocenters. The molecule has 0 aromatic heterocycles. The van der Waals surface area contributed by atoms with Crippen LogP contribution in [0.25, 0.3) is 0 Å². The minimum absolute atomic E-state index is 0.132. The SMILES string of the molecule is O=C1NC(O)(c2ccc3c(c2)OCO3)Oc2ccccc21. The average molecular weight is 285 g/mol. The van der Waals surface area contributed by atoms with Gasteiger partial charge in [-0.05, 0) is 30.3 Å². The molecule has 2 heterocycles. The van der Waals surface area contributed by atoms with E-state index in [1.807, 2.05) is 0 Å². The van der Waals surface area contributed by atoms with Gasteiger partial charge in [-0.1, -0.05) is 12.1 Å². The number of rotatable bonds is 1. The number of amides is 1. The van der Waals surface area contributed by atoms with E-state index in [9.17, 15) is 9.90 Å². The zero-order valence-corrected chi connectivity index (χ0v) is 10.8. The fourth-order valence-electron chi connectivity index (χ4n) is 2.39. The second-order valence-electron chi connectivity index (χ2n) is 4.76. The van der Waals surface area contributed by atoms with Crippen LogP contribution in [-0.4, -0.2) is 17.8 Å². The minimum atomic E-state index is -1.94. The number of para-hydroxylation sites is 1. The third kappa shape index (κ3) is 1.80. The second kappa shape index (κ2) is 4.13. The van der Waals surface area contributed by atoms with E-state index in [1.165, 1.54) is 0 Å². The Morgan fingerprint density at radius 3 is 2.76 bits per heavy atom. The topological polar surface area (TPSA) is 77.0 Å². The first kappa shape index (κ1) is 12.0. The van der Waals surface area contributed by atoms with Crippen molar-refractivity contribution in [3.63, 3.8) is 0 Å². The van der Waals surface area contributed by atoms with Gasteiger partial charge >= 0.3 is 5.91 Å². The fraction of sp³-hybridized carbons (Fsp3) is 0.133. The third-order valence-corrected chi connectivity index (χ3v) is 3.44. The number of ether oxygens (including phenoxy) is 3. The molecule has 0 aliphatic carbocycles. The monoisotopic (exact) mass is 285 g/mol. The van der Waals surface area contributed by atoms with Gasteiger partial charge in [0.05, 0.1) is 11.1 Å². The molecule has 6 nitrogen and oxygen atoms in total. The van der Waals surface area contributed by atoms with Crippen molar-refractivity contribution in [1.82, 2.24) is 5.32 Å². The summed E-state index contributed by atoms with van der Waals surface area (Å²) in [6.45, 7) is 0.132. The van der Waals surface area contributed by atoms with Crippen LogP contribution in [0.1, 0.15) is 15.9 Å². The highest BCUT2D eigenvalue weighted by atomic mass is 16.7. The van der Waals surface area contributed by atoms with Gasteiger partial charge in [0.25, 0.3) is 5.91 Å². The number of fused-ring (bicyclic) bond motifs is 2. The standard InChI is InChI=1S/C15H11NO5/c17-14-10-3-1-2-4-11(10)21-15(18,16-14)9-5-6-12-13(7-9)20-8-19-12/h1-7,18H,8H2,(H,16,17). The summed E-state index contributed by atoms with van der Waals surface area (Å²) in [6.07, 6.45) is 0. The number of hydrogen-bond acceptors (Lipinski definition) is 5. The number of aliphatic hydroxyl groups is 1. The molecule has 0 radical (unpaired) electrons. The van der Waals surface area contributed by atoms with Gasteiger partial charge in [-0.2, -0.15) is 0 Å². The maximum Gasteiger partial charge on any atom is 0.321 e. The van der Waals surface area contributed by atoms with Gasteiger partial charge in [0.1, 0.15) is 5.75 Å². The normalized spacial score (nSPS) is 22.2. The van der Waals surface area contributed by atoms with Gasteiger partial charge in [-0.25, -0.2) is 0 Å². The van der Waals surface area contributed by atoms with Crippen molar-refractivity contribution in [3.8, 4) is 17.2 Å². The van der Waals surface area contributed by atoms with Crippen molar-refractivity contribution < 1.29 is 24.1 Å². The Labute approximate surface area is 119 Å². The molecule has 2 aliphatic rings. The zero-order valence-electron chi connectivity index (χ0n) is 10.8. The van der Waals surface area contributed by atoms with E-state index in [1.54, 1.807) is 42.5 Å². The lowest BCUT2D eigenvalue weighted by molar-refractivity contribution is -0.167. The van der Waals surface area contributed by atoms with E-state index in [0.717, 1.165) is 0 Å². The maximum atomic E-state index is 12.1. The molecule has 0 fully saturated rings. The summed E-state index contributed by atoms with van der Waals surface area (Å²) in [4.78, 5) is 12.1. The highest BCUT2D eigenvalue weighted by molar-refractivity contribution is 5.98. The molecule has 2 aromatic carbocycles. The van der Waals surface area contributed by atoms with Crippen LogP contribution >= 0.6 is 0 Å². The molecule has 6 heteroatoms. The molecule has 0 saturated heterocycles.